The van der Waals surface area contributed by atoms with E-state index < -0.39 is 0 Å². The highest BCUT2D eigenvalue weighted by atomic mass is 35.5. The van der Waals surface area contributed by atoms with Gasteiger partial charge in [0.1, 0.15) is 5.69 Å². The van der Waals surface area contributed by atoms with Crippen LogP contribution >= 0.6 is 12.4 Å². The highest BCUT2D eigenvalue weighted by Gasteiger charge is 2.17. The quantitative estimate of drug-likeness (QED) is 0.664. The Morgan fingerprint density at radius 2 is 2.13 bits per heavy atom. The molecular weight excluding hydrogens is 318 g/mol. The predicted octanol–water partition coefficient (Wildman–Crippen LogP) is 0.731. The van der Waals surface area contributed by atoms with Crippen LogP contribution in [0.3, 0.4) is 0 Å². The number of hydrogen-bond donors (Lipinski definition) is 3. The van der Waals surface area contributed by atoms with Crippen molar-refractivity contribution < 1.29 is 9.59 Å². The monoisotopic (exact) mass is 343 g/mol. The molecule has 1 saturated heterocycles. The van der Waals surface area contributed by atoms with Gasteiger partial charge in [0.25, 0.3) is 5.91 Å². The summed E-state index contributed by atoms with van der Waals surface area (Å²) >= 11 is 0. The van der Waals surface area contributed by atoms with Gasteiger partial charge in [0.05, 0.1) is 6.04 Å². The van der Waals surface area contributed by atoms with Crippen molar-refractivity contribution in [1.82, 2.24) is 25.7 Å². The molecule has 23 heavy (non-hydrogen) atoms. The average molecular weight is 344 g/mol. The van der Waals surface area contributed by atoms with Gasteiger partial charge in [-0.1, -0.05) is 13.8 Å². The van der Waals surface area contributed by atoms with Crippen molar-refractivity contribution in [1.29, 1.82) is 0 Å². The molecule has 0 bridgehead atoms. The van der Waals surface area contributed by atoms with Gasteiger partial charge in [0.15, 0.2) is 0 Å². The molecule has 2 rings (SSSR count). The number of aromatic nitrogens is 2. The molecule has 1 fully saturated rings. The van der Waals surface area contributed by atoms with Crippen LogP contribution in [0, 0.1) is 5.92 Å². The zero-order valence-electron chi connectivity index (χ0n) is 13.7. The number of carbonyl (C=O) groups is 2. The van der Waals surface area contributed by atoms with E-state index >= 15 is 0 Å². The van der Waals surface area contributed by atoms with Crippen molar-refractivity contribution in [3.05, 3.63) is 18.0 Å². The van der Waals surface area contributed by atoms with E-state index in [2.05, 4.69) is 21.0 Å². The summed E-state index contributed by atoms with van der Waals surface area (Å²) in [6.07, 6.45) is 4.06. The van der Waals surface area contributed by atoms with Crippen molar-refractivity contribution in [3.63, 3.8) is 0 Å². The molecule has 1 unspecified atom stereocenters. The highest BCUT2D eigenvalue weighted by molar-refractivity contribution is 5.92. The van der Waals surface area contributed by atoms with Gasteiger partial charge in [0, 0.05) is 31.7 Å². The summed E-state index contributed by atoms with van der Waals surface area (Å²) < 4.78 is 1.86. The van der Waals surface area contributed by atoms with Gasteiger partial charge >= 0.3 is 0 Å². The number of hydrogen-bond acceptors (Lipinski definition) is 4. The number of carbonyl (C=O) groups excluding carboxylic acids is 2. The molecule has 0 radical (unpaired) electrons. The first-order chi connectivity index (χ1) is 10.6. The van der Waals surface area contributed by atoms with Gasteiger partial charge in [-0.2, -0.15) is 5.10 Å². The van der Waals surface area contributed by atoms with E-state index in [-0.39, 0.29) is 30.1 Å². The van der Waals surface area contributed by atoms with E-state index in [1.807, 2.05) is 24.7 Å². The lowest BCUT2D eigenvalue weighted by Crippen LogP contribution is -2.36. The van der Waals surface area contributed by atoms with Crippen LogP contribution in [0.1, 0.15) is 43.2 Å². The Bertz CT molecular complexity index is 512. The van der Waals surface area contributed by atoms with E-state index in [4.69, 9.17) is 0 Å². The summed E-state index contributed by atoms with van der Waals surface area (Å²) in [4.78, 5) is 23.4. The minimum absolute atomic E-state index is 0. The summed E-state index contributed by atoms with van der Waals surface area (Å²) in [5.74, 6) is -0.264. The Balaban J connectivity index is 0.00000264. The Kier molecular flexibility index (Phi) is 8.05. The van der Waals surface area contributed by atoms with Crippen LogP contribution in [0.15, 0.2) is 12.3 Å². The fourth-order valence-corrected chi connectivity index (χ4v) is 2.38. The maximum Gasteiger partial charge on any atom is 0.271 e. The minimum atomic E-state index is -0.207. The average Bonchev–Trinajstić information content (AvgIpc) is 3.02. The summed E-state index contributed by atoms with van der Waals surface area (Å²) in [6.45, 7) is 6.43. The standard InChI is InChI=1S/C15H25N5O2.ClH/c1-11(2)14(21)17-7-8-18-15(22)13-5-9-20(19-13)12-4-3-6-16-10-12;/h5,9,11-12,16H,3-4,6-8,10H2,1-2H3,(H,17,21)(H,18,22);1H. The normalized spacial score (nSPS) is 17.4. The van der Waals surface area contributed by atoms with Crippen LogP contribution in [0.4, 0.5) is 0 Å². The van der Waals surface area contributed by atoms with E-state index in [9.17, 15) is 9.59 Å². The molecule has 8 heteroatoms. The molecule has 0 saturated carbocycles. The molecule has 1 aromatic heterocycles. The summed E-state index contributed by atoms with van der Waals surface area (Å²) in [5.41, 5.74) is 0.417. The fraction of sp³-hybridized carbons (Fsp3) is 0.667. The highest BCUT2D eigenvalue weighted by Crippen LogP contribution is 2.15. The molecule has 0 aliphatic carbocycles. The van der Waals surface area contributed by atoms with Gasteiger partial charge in [-0.25, -0.2) is 0 Å². The molecule has 3 N–H and O–H groups in total. The summed E-state index contributed by atoms with van der Waals surface area (Å²) in [7, 11) is 0. The lowest BCUT2D eigenvalue weighted by molar-refractivity contribution is -0.123. The molecule has 7 nitrogen and oxygen atoms in total. The Morgan fingerprint density at radius 1 is 1.39 bits per heavy atom. The minimum Gasteiger partial charge on any atom is -0.354 e. The second-order valence-electron chi connectivity index (χ2n) is 5.88. The van der Waals surface area contributed by atoms with E-state index in [1.165, 1.54) is 0 Å². The summed E-state index contributed by atoms with van der Waals surface area (Å²) in [5, 5.41) is 13.2. The molecule has 130 valence electrons. The third-order valence-electron chi connectivity index (χ3n) is 3.72. The fourth-order valence-electron chi connectivity index (χ4n) is 2.38. The van der Waals surface area contributed by atoms with Crippen LogP contribution in [0.25, 0.3) is 0 Å². The van der Waals surface area contributed by atoms with Crippen LogP contribution in [0.2, 0.25) is 0 Å². The van der Waals surface area contributed by atoms with Gasteiger partial charge < -0.3 is 16.0 Å². The Labute approximate surface area is 143 Å². The van der Waals surface area contributed by atoms with Crippen LogP contribution < -0.4 is 16.0 Å². The van der Waals surface area contributed by atoms with Crippen LogP contribution in [-0.2, 0) is 4.79 Å². The maximum absolute atomic E-state index is 12.0. The molecule has 1 atom stereocenters. The number of rotatable bonds is 6. The van der Waals surface area contributed by atoms with Crippen molar-refractivity contribution in [2.24, 2.45) is 5.92 Å². The van der Waals surface area contributed by atoms with E-state index in [0.717, 1.165) is 25.9 Å². The second-order valence-corrected chi connectivity index (χ2v) is 5.88. The molecule has 1 aliphatic rings. The smallest absolute Gasteiger partial charge is 0.271 e. The molecule has 1 aromatic rings. The van der Waals surface area contributed by atoms with Crippen LogP contribution in [0.5, 0.6) is 0 Å². The van der Waals surface area contributed by atoms with Crippen molar-refractivity contribution in [2.75, 3.05) is 26.2 Å². The molecule has 2 heterocycles. The molecular formula is C15H26ClN5O2. The van der Waals surface area contributed by atoms with E-state index in [1.54, 1.807) is 6.07 Å². The molecule has 0 aromatic carbocycles. The van der Waals surface area contributed by atoms with Gasteiger partial charge in [0.2, 0.25) is 5.91 Å². The Morgan fingerprint density at radius 3 is 2.78 bits per heavy atom. The number of halogens is 1. The Hall–Kier alpha value is -1.60. The largest absolute Gasteiger partial charge is 0.354 e. The third-order valence-corrected chi connectivity index (χ3v) is 3.72. The third kappa shape index (κ3) is 5.84. The van der Waals surface area contributed by atoms with E-state index in [0.29, 0.717) is 24.8 Å². The first-order valence-electron chi connectivity index (χ1n) is 7.89. The second kappa shape index (κ2) is 9.52. The summed E-state index contributed by atoms with van der Waals surface area (Å²) in [6, 6.07) is 2.05. The molecule has 1 aliphatic heterocycles. The van der Waals surface area contributed by atoms with Crippen molar-refractivity contribution in [2.45, 2.75) is 32.7 Å². The zero-order valence-corrected chi connectivity index (χ0v) is 14.5. The molecule has 2 amide bonds. The van der Waals surface area contributed by atoms with Crippen molar-refractivity contribution >= 4 is 24.2 Å². The van der Waals surface area contributed by atoms with Crippen LogP contribution in [-0.4, -0.2) is 47.8 Å². The number of amides is 2. The lowest BCUT2D eigenvalue weighted by Gasteiger charge is -2.22. The van der Waals surface area contributed by atoms with Gasteiger partial charge in [-0.05, 0) is 25.5 Å². The number of piperidine rings is 1. The number of nitrogens with one attached hydrogen (secondary N) is 3. The number of nitrogens with zero attached hydrogens (tertiary/aromatic N) is 2. The first-order valence-corrected chi connectivity index (χ1v) is 7.89. The zero-order chi connectivity index (χ0) is 15.9. The lowest BCUT2D eigenvalue weighted by atomic mass is 10.1. The first kappa shape index (κ1) is 19.4. The van der Waals surface area contributed by atoms with Crippen molar-refractivity contribution in [3.8, 4) is 0 Å². The van der Waals surface area contributed by atoms with Gasteiger partial charge in [-0.15, -0.1) is 12.4 Å². The van der Waals surface area contributed by atoms with Gasteiger partial charge in [-0.3, -0.25) is 14.3 Å². The topological polar surface area (TPSA) is 88.0 Å². The SMILES string of the molecule is CC(C)C(=O)NCCNC(=O)c1ccn(C2CCCNC2)n1.Cl. The maximum atomic E-state index is 12.0. The molecule has 0 spiro atoms. The predicted molar refractivity (Wildman–Crippen MR) is 90.8 cm³/mol.